The van der Waals surface area contributed by atoms with E-state index in [1.807, 2.05) is 0 Å². The van der Waals surface area contributed by atoms with Gasteiger partial charge in [0.2, 0.25) is 0 Å². The van der Waals surface area contributed by atoms with Crippen molar-refractivity contribution in [3.8, 4) is 0 Å². The normalized spacial score (nSPS) is 13.6. The molecule has 0 aromatic carbocycles. The van der Waals surface area contributed by atoms with Gasteiger partial charge in [-0.3, -0.25) is 4.79 Å². The zero-order valence-corrected chi connectivity index (χ0v) is 12.8. The second-order valence-corrected chi connectivity index (χ2v) is 6.25. The van der Waals surface area contributed by atoms with Crippen LogP contribution in [0.5, 0.6) is 0 Å². The number of hydrogen-bond acceptors (Lipinski definition) is 8. The van der Waals surface area contributed by atoms with Gasteiger partial charge < -0.3 is 15.4 Å². The molecule has 3 heterocycles. The quantitative estimate of drug-likeness (QED) is 0.826. The van der Waals surface area contributed by atoms with Crippen LogP contribution in [0.15, 0.2) is 6.20 Å². The maximum Gasteiger partial charge on any atom is 0.341 e. The number of fused-ring (bicyclic) bond motifs is 1. The SMILES string of the molecule is COC(=O)c1c(NC(=O)c2cnns2)sc2c1CCNC2. The van der Waals surface area contributed by atoms with Crippen molar-refractivity contribution in [2.45, 2.75) is 13.0 Å². The third kappa shape index (κ3) is 2.67. The third-order valence-corrected chi connectivity index (χ3v) is 4.94. The number of carbonyl (C=O) groups is 2. The van der Waals surface area contributed by atoms with E-state index < -0.39 is 5.97 Å². The summed E-state index contributed by atoms with van der Waals surface area (Å²) in [6.07, 6.45) is 2.14. The smallest absolute Gasteiger partial charge is 0.341 e. The molecule has 1 amide bonds. The lowest BCUT2D eigenvalue weighted by molar-refractivity contribution is 0.0601. The molecule has 21 heavy (non-hydrogen) atoms. The highest BCUT2D eigenvalue weighted by Crippen LogP contribution is 2.36. The standard InChI is InChI=1S/C12H12N4O3S2/c1-19-12(18)9-6-2-3-13-4-7(6)20-11(9)15-10(17)8-5-14-16-21-8/h5,13H,2-4H2,1H3,(H,15,17). The van der Waals surface area contributed by atoms with E-state index in [4.69, 9.17) is 4.74 Å². The van der Waals surface area contributed by atoms with E-state index >= 15 is 0 Å². The molecule has 0 radical (unpaired) electrons. The topological polar surface area (TPSA) is 93.2 Å². The number of esters is 1. The maximum absolute atomic E-state index is 12.1. The summed E-state index contributed by atoms with van der Waals surface area (Å²) in [4.78, 5) is 25.6. The van der Waals surface area contributed by atoms with Gasteiger partial charge >= 0.3 is 5.97 Å². The summed E-state index contributed by atoms with van der Waals surface area (Å²) in [5, 5.41) is 10.2. The van der Waals surface area contributed by atoms with Crippen LogP contribution in [-0.4, -0.2) is 35.1 Å². The van der Waals surface area contributed by atoms with E-state index in [0.29, 0.717) is 22.0 Å². The number of thiophene rings is 1. The van der Waals surface area contributed by atoms with E-state index in [1.54, 1.807) is 0 Å². The molecule has 2 aromatic heterocycles. The lowest BCUT2D eigenvalue weighted by Gasteiger charge is -2.13. The first-order valence-corrected chi connectivity index (χ1v) is 7.82. The first-order chi connectivity index (χ1) is 10.2. The molecule has 0 spiro atoms. The number of rotatable bonds is 3. The Morgan fingerprint density at radius 3 is 3.05 bits per heavy atom. The predicted octanol–water partition coefficient (Wildman–Crippen LogP) is 1.28. The fourth-order valence-electron chi connectivity index (χ4n) is 2.17. The van der Waals surface area contributed by atoms with Crippen LogP contribution in [0.25, 0.3) is 0 Å². The van der Waals surface area contributed by atoms with E-state index in [-0.39, 0.29) is 5.91 Å². The average Bonchev–Trinajstić information content (AvgIpc) is 3.13. The Bertz CT molecular complexity index is 681. The van der Waals surface area contributed by atoms with Gasteiger partial charge in [-0.1, -0.05) is 4.49 Å². The lowest BCUT2D eigenvalue weighted by atomic mass is 10.0. The molecule has 9 heteroatoms. The van der Waals surface area contributed by atoms with Crippen LogP contribution in [0.3, 0.4) is 0 Å². The van der Waals surface area contributed by atoms with E-state index in [2.05, 4.69) is 20.2 Å². The summed E-state index contributed by atoms with van der Waals surface area (Å²) in [6.45, 7) is 1.50. The number of methoxy groups -OCH3 is 1. The molecule has 0 saturated heterocycles. The zero-order chi connectivity index (χ0) is 14.8. The maximum atomic E-state index is 12.1. The zero-order valence-electron chi connectivity index (χ0n) is 11.1. The molecule has 0 aliphatic carbocycles. The Kier molecular flexibility index (Phi) is 3.95. The van der Waals surface area contributed by atoms with Crippen molar-refractivity contribution < 1.29 is 14.3 Å². The van der Waals surface area contributed by atoms with Crippen LogP contribution in [0, 0.1) is 0 Å². The predicted molar refractivity (Wildman–Crippen MR) is 78.9 cm³/mol. The van der Waals surface area contributed by atoms with Crippen molar-refractivity contribution in [2.75, 3.05) is 19.0 Å². The van der Waals surface area contributed by atoms with Crippen LogP contribution >= 0.6 is 22.9 Å². The number of amides is 1. The summed E-state index contributed by atoms with van der Waals surface area (Å²) in [5.41, 5.74) is 1.42. The Labute approximate surface area is 128 Å². The first kappa shape index (κ1) is 14.1. The molecule has 0 unspecified atom stereocenters. The molecule has 0 bridgehead atoms. The molecule has 3 rings (SSSR count). The summed E-state index contributed by atoms with van der Waals surface area (Å²) < 4.78 is 8.50. The molecule has 2 N–H and O–H groups in total. The van der Waals surface area contributed by atoms with Gasteiger partial charge in [0.05, 0.1) is 18.9 Å². The van der Waals surface area contributed by atoms with Crippen molar-refractivity contribution in [3.05, 3.63) is 27.1 Å². The van der Waals surface area contributed by atoms with Gasteiger partial charge in [0.15, 0.2) is 0 Å². The Morgan fingerprint density at radius 1 is 1.48 bits per heavy atom. The number of nitrogens with one attached hydrogen (secondary N) is 2. The van der Waals surface area contributed by atoms with E-state index in [0.717, 1.165) is 34.9 Å². The molecule has 2 aromatic rings. The molecule has 0 atom stereocenters. The average molecular weight is 324 g/mol. The largest absolute Gasteiger partial charge is 0.465 e. The van der Waals surface area contributed by atoms with Crippen LogP contribution < -0.4 is 10.6 Å². The highest BCUT2D eigenvalue weighted by molar-refractivity contribution is 7.17. The number of nitrogens with zero attached hydrogens (tertiary/aromatic N) is 2. The fourth-order valence-corrected chi connectivity index (χ4v) is 3.78. The van der Waals surface area contributed by atoms with Gasteiger partial charge in [0.25, 0.3) is 5.91 Å². The first-order valence-electron chi connectivity index (χ1n) is 6.23. The van der Waals surface area contributed by atoms with E-state index in [9.17, 15) is 9.59 Å². The molecule has 7 nitrogen and oxygen atoms in total. The fraction of sp³-hybridized carbons (Fsp3) is 0.333. The minimum atomic E-state index is -0.424. The summed E-state index contributed by atoms with van der Waals surface area (Å²) in [5.74, 6) is -0.742. The third-order valence-electron chi connectivity index (χ3n) is 3.13. The van der Waals surface area contributed by atoms with Gasteiger partial charge in [-0.25, -0.2) is 4.79 Å². The van der Waals surface area contributed by atoms with Crippen LogP contribution in [0.1, 0.15) is 30.5 Å². The Balaban J connectivity index is 1.95. The summed E-state index contributed by atoms with van der Waals surface area (Å²) in [7, 11) is 1.34. The van der Waals surface area contributed by atoms with Crippen molar-refractivity contribution >= 4 is 39.7 Å². The van der Waals surface area contributed by atoms with Crippen molar-refractivity contribution in [1.82, 2.24) is 14.9 Å². The second-order valence-electron chi connectivity index (χ2n) is 4.36. The number of aromatic nitrogens is 2. The number of hydrogen-bond donors (Lipinski definition) is 2. The molecular weight excluding hydrogens is 312 g/mol. The highest BCUT2D eigenvalue weighted by Gasteiger charge is 2.27. The Hall–Kier alpha value is -1.84. The van der Waals surface area contributed by atoms with Gasteiger partial charge in [-0.15, -0.1) is 16.4 Å². The second kappa shape index (κ2) is 5.88. The molecule has 110 valence electrons. The Morgan fingerprint density at radius 2 is 2.33 bits per heavy atom. The molecule has 0 fully saturated rings. The van der Waals surface area contributed by atoms with Crippen molar-refractivity contribution in [3.63, 3.8) is 0 Å². The number of carbonyl (C=O) groups excluding carboxylic acids is 2. The minimum absolute atomic E-state index is 0.318. The van der Waals surface area contributed by atoms with Gasteiger partial charge in [0.1, 0.15) is 9.88 Å². The molecular formula is C12H12N4O3S2. The summed E-state index contributed by atoms with van der Waals surface area (Å²) in [6, 6.07) is 0. The highest BCUT2D eigenvalue weighted by atomic mass is 32.1. The van der Waals surface area contributed by atoms with Gasteiger partial charge in [-0.05, 0) is 30.1 Å². The van der Waals surface area contributed by atoms with Crippen LogP contribution in [0.2, 0.25) is 0 Å². The van der Waals surface area contributed by atoms with Gasteiger partial charge in [-0.2, -0.15) is 0 Å². The molecule has 1 aliphatic heterocycles. The van der Waals surface area contributed by atoms with Gasteiger partial charge in [0, 0.05) is 11.4 Å². The number of anilines is 1. The van der Waals surface area contributed by atoms with Crippen molar-refractivity contribution in [1.29, 1.82) is 0 Å². The van der Waals surface area contributed by atoms with Crippen LogP contribution in [0.4, 0.5) is 5.00 Å². The summed E-state index contributed by atoms with van der Waals surface area (Å²) >= 11 is 2.41. The monoisotopic (exact) mass is 324 g/mol. The molecule has 0 saturated carbocycles. The van der Waals surface area contributed by atoms with Crippen LogP contribution in [-0.2, 0) is 17.7 Å². The van der Waals surface area contributed by atoms with E-state index in [1.165, 1.54) is 24.6 Å². The minimum Gasteiger partial charge on any atom is -0.465 e. The molecule has 1 aliphatic rings. The number of ether oxygens (including phenoxy) is 1. The van der Waals surface area contributed by atoms with Crippen molar-refractivity contribution in [2.24, 2.45) is 0 Å². The lowest BCUT2D eigenvalue weighted by Crippen LogP contribution is -2.23.